The van der Waals surface area contributed by atoms with Gasteiger partial charge < -0.3 is 4.74 Å². The van der Waals surface area contributed by atoms with Crippen LogP contribution in [0.4, 0.5) is 4.79 Å². The summed E-state index contributed by atoms with van der Waals surface area (Å²) in [6.45, 7) is 5.90. The molecule has 0 bridgehead atoms. The Labute approximate surface area is 124 Å². The molecule has 4 nitrogen and oxygen atoms in total. The Morgan fingerprint density at radius 3 is 2.76 bits per heavy atom. The molecule has 1 unspecified atom stereocenters. The third-order valence-electron chi connectivity index (χ3n) is 3.06. The minimum absolute atomic E-state index is 0.110. The number of benzene rings is 1. The summed E-state index contributed by atoms with van der Waals surface area (Å²) in [7, 11) is 0. The van der Waals surface area contributed by atoms with Crippen LogP contribution in [-0.4, -0.2) is 22.3 Å². The van der Waals surface area contributed by atoms with Gasteiger partial charge in [-0.25, -0.2) is 14.3 Å². The average Bonchev–Trinajstić information content (AvgIpc) is 2.87. The quantitative estimate of drug-likeness (QED) is 0.793. The number of imidazole rings is 1. The fraction of sp³-hybridized carbons (Fsp3) is 0.294. The first kappa shape index (κ1) is 14.9. The van der Waals surface area contributed by atoms with Gasteiger partial charge in [-0.05, 0) is 32.3 Å². The van der Waals surface area contributed by atoms with Crippen LogP contribution in [0.1, 0.15) is 36.8 Å². The smallest absolute Gasteiger partial charge is 0.419 e. The monoisotopic (exact) mass is 282 g/mol. The van der Waals surface area contributed by atoms with Gasteiger partial charge in [0.15, 0.2) is 0 Å². The normalized spacial score (nSPS) is 11.4. The van der Waals surface area contributed by atoms with Crippen molar-refractivity contribution in [3.63, 3.8) is 0 Å². The van der Waals surface area contributed by atoms with Crippen LogP contribution in [0.15, 0.2) is 36.5 Å². The summed E-state index contributed by atoms with van der Waals surface area (Å²) in [6, 6.07) is 10.1. The van der Waals surface area contributed by atoms with Gasteiger partial charge in [-0.2, -0.15) is 0 Å². The van der Waals surface area contributed by atoms with Gasteiger partial charge >= 0.3 is 6.09 Å². The lowest BCUT2D eigenvalue weighted by Crippen LogP contribution is -2.13. The highest BCUT2D eigenvalue weighted by Gasteiger charge is 2.10. The summed E-state index contributed by atoms with van der Waals surface area (Å²) in [5.41, 5.74) is 1.73. The number of hydrogen-bond acceptors (Lipinski definition) is 3. The minimum Gasteiger partial charge on any atom is -0.449 e. The molecule has 1 heterocycles. The minimum atomic E-state index is -0.424. The highest BCUT2D eigenvalue weighted by Crippen LogP contribution is 2.13. The molecule has 0 fully saturated rings. The molecule has 108 valence electrons. The highest BCUT2D eigenvalue weighted by atomic mass is 16.5. The number of rotatable bonds is 2. The van der Waals surface area contributed by atoms with Crippen LogP contribution < -0.4 is 0 Å². The molecule has 1 aromatic heterocycles. The summed E-state index contributed by atoms with van der Waals surface area (Å²) >= 11 is 0. The second-order valence-corrected chi connectivity index (χ2v) is 4.64. The molecule has 1 aromatic carbocycles. The molecule has 2 rings (SSSR count). The Morgan fingerprint density at radius 2 is 2.10 bits per heavy atom. The van der Waals surface area contributed by atoms with Crippen molar-refractivity contribution in [3.8, 4) is 11.8 Å². The van der Waals surface area contributed by atoms with Crippen LogP contribution in [-0.2, 0) is 4.74 Å². The highest BCUT2D eigenvalue weighted by molar-refractivity contribution is 5.71. The number of carbonyl (C=O) groups excluding carboxylic acids is 1. The fourth-order valence-corrected chi connectivity index (χ4v) is 1.92. The predicted octanol–water partition coefficient (Wildman–Crippen LogP) is 3.35. The van der Waals surface area contributed by atoms with Crippen molar-refractivity contribution in [3.05, 3.63) is 53.6 Å². The zero-order valence-corrected chi connectivity index (χ0v) is 12.5. The molecule has 21 heavy (non-hydrogen) atoms. The molecule has 0 spiro atoms. The van der Waals surface area contributed by atoms with E-state index in [1.807, 2.05) is 37.3 Å². The van der Waals surface area contributed by atoms with E-state index in [0.29, 0.717) is 18.1 Å². The molecule has 4 heteroatoms. The molecule has 0 saturated carbocycles. The zero-order chi connectivity index (χ0) is 15.2. The van der Waals surface area contributed by atoms with Crippen molar-refractivity contribution in [1.82, 2.24) is 9.55 Å². The predicted molar refractivity (Wildman–Crippen MR) is 81.1 cm³/mol. The topological polar surface area (TPSA) is 44.1 Å². The van der Waals surface area contributed by atoms with Crippen LogP contribution in [0.25, 0.3) is 0 Å². The van der Waals surface area contributed by atoms with Crippen LogP contribution in [0, 0.1) is 18.8 Å². The molecule has 0 amide bonds. The number of nitrogens with zero attached hydrogens (tertiary/aromatic N) is 2. The summed E-state index contributed by atoms with van der Waals surface area (Å²) < 4.78 is 6.33. The number of aryl methyl sites for hydroxylation is 1. The molecule has 1 atom stereocenters. The SMILES string of the molecule is CCOC(=O)n1cc(C#CC(C)c2ccccc2)nc1C. The maximum absolute atomic E-state index is 11.7. The summed E-state index contributed by atoms with van der Waals surface area (Å²) in [6.07, 6.45) is 1.18. The van der Waals surface area contributed by atoms with Crippen molar-refractivity contribution in [2.45, 2.75) is 26.7 Å². The van der Waals surface area contributed by atoms with E-state index < -0.39 is 6.09 Å². The standard InChI is InChI=1S/C17H18N2O2/c1-4-21-17(20)19-12-16(18-14(19)3)11-10-13(2)15-8-6-5-7-9-15/h5-9,12-13H,4H2,1-3H3. The Hall–Kier alpha value is -2.54. The lowest BCUT2D eigenvalue weighted by atomic mass is 10.0. The van der Waals surface area contributed by atoms with Crippen molar-refractivity contribution < 1.29 is 9.53 Å². The molecular formula is C17H18N2O2. The second kappa shape index (κ2) is 6.76. The van der Waals surface area contributed by atoms with E-state index in [2.05, 4.69) is 16.8 Å². The molecule has 0 aliphatic carbocycles. The van der Waals surface area contributed by atoms with E-state index in [1.54, 1.807) is 20.0 Å². The first-order valence-corrected chi connectivity index (χ1v) is 6.91. The van der Waals surface area contributed by atoms with E-state index >= 15 is 0 Å². The maximum atomic E-state index is 11.7. The van der Waals surface area contributed by atoms with E-state index in [0.717, 1.165) is 5.56 Å². The van der Waals surface area contributed by atoms with Crippen molar-refractivity contribution >= 4 is 6.09 Å². The molecule has 2 aromatic rings. The van der Waals surface area contributed by atoms with Crippen LogP contribution >= 0.6 is 0 Å². The Bertz CT molecular complexity index is 678. The first-order chi connectivity index (χ1) is 10.1. The van der Waals surface area contributed by atoms with Crippen LogP contribution in [0.2, 0.25) is 0 Å². The lowest BCUT2D eigenvalue weighted by Gasteiger charge is -2.02. The van der Waals surface area contributed by atoms with Gasteiger partial charge in [0.25, 0.3) is 0 Å². The second-order valence-electron chi connectivity index (χ2n) is 4.64. The summed E-state index contributed by atoms with van der Waals surface area (Å²) in [5.74, 6) is 6.84. The largest absolute Gasteiger partial charge is 0.449 e. The van der Waals surface area contributed by atoms with Crippen molar-refractivity contribution in [2.24, 2.45) is 0 Å². The summed E-state index contributed by atoms with van der Waals surface area (Å²) in [4.78, 5) is 16.0. The number of hydrogen-bond donors (Lipinski definition) is 0. The number of ether oxygens (including phenoxy) is 1. The van der Waals surface area contributed by atoms with Gasteiger partial charge in [-0.1, -0.05) is 36.3 Å². The third-order valence-corrected chi connectivity index (χ3v) is 3.06. The fourth-order valence-electron chi connectivity index (χ4n) is 1.92. The molecule has 0 aliphatic rings. The summed E-state index contributed by atoms with van der Waals surface area (Å²) in [5, 5.41) is 0. The van der Waals surface area contributed by atoms with E-state index in [4.69, 9.17) is 4.74 Å². The lowest BCUT2D eigenvalue weighted by molar-refractivity contribution is 0.153. The van der Waals surface area contributed by atoms with Gasteiger partial charge in [0.1, 0.15) is 11.5 Å². The third kappa shape index (κ3) is 3.73. The van der Waals surface area contributed by atoms with Gasteiger partial charge in [-0.15, -0.1) is 0 Å². The Kier molecular flexibility index (Phi) is 4.78. The van der Waals surface area contributed by atoms with Gasteiger partial charge in [0.05, 0.1) is 12.8 Å². The van der Waals surface area contributed by atoms with Crippen LogP contribution in [0.3, 0.4) is 0 Å². The van der Waals surface area contributed by atoms with Gasteiger partial charge in [-0.3, -0.25) is 0 Å². The van der Waals surface area contributed by atoms with Crippen molar-refractivity contribution in [1.29, 1.82) is 0 Å². The molecular weight excluding hydrogens is 264 g/mol. The van der Waals surface area contributed by atoms with Crippen LogP contribution in [0.5, 0.6) is 0 Å². The van der Waals surface area contributed by atoms with Gasteiger partial charge in [0.2, 0.25) is 0 Å². The average molecular weight is 282 g/mol. The molecule has 0 saturated heterocycles. The number of carbonyl (C=O) groups is 1. The molecule has 0 radical (unpaired) electrons. The Balaban J connectivity index is 2.16. The maximum Gasteiger partial charge on any atom is 0.419 e. The Morgan fingerprint density at radius 1 is 1.38 bits per heavy atom. The van der Waals surface area contributed by atoms with Gasteiger partial charge in [0, 0.05) is 5.92 Å². The molecule has 0 aliphatic heterocycles. The van der Waals surface area contributed by atoms with E-state index in [9.17, 15) is 4.79 Å². The van der Waals surface area contributed by atoms with E-state index in [-0.39, 0.29) is 5.92 Å². The first-order valence-electron chi connectivity index (χ1n) is 6.91. The van der Waals surface area contributed by atoms with Crippen molar-refractivity contribution in [2.75, 3.05) is 6.61 Å². The zero-order valence-electron chi connectivity index (χ0n) is 12.5. The number of aromatic nitrogens is 2. The molecule has 0 N–H and O–H groups in total. The van der Waals surface area contributed by atoms with E-state index in [1.165, 1.54) is 4.57 Å².